The van der Waals surface area contributed by atoms with Gasteiger partial charge >= 0.3 is 0 Å². The Balaban J connectivity index is 1.58. The van der Waals surface area contributed by atoms with Crippen molar-refractivity contribution in [3.63, 3.8) is 0 Å². The molecule has 0 amide bonds. The summed E-state index contributed by atoms with van der Waals surface area (Å²) in [5.41, 5.74) is 4.23. The average Bonchev–Trinajstić information content (AvgIpc) is 3.41. The first-order valence-electron chi connectivity index (χ1n) is 11.3. The summed E-state index contributed by atoms with van der Waals surface area (Å²) in [7, 11) is 0. The van der Waals surface area contributed by atoms with Crippen LogP contribution in [0.25, 0.3) is 22.4 Å². The molecule has 1 atom stereocenters. The number of para-hydroxylation sites is 1. The summed E-state index contributed by atoms with van der Waals surface area (Å²) in [4.78, 5) is 0. The zero-order chi connectivity index (χ0) is 19.9. The first kappa shape index (κ1) is 20.3. The number of aromatic nitrogens is 1. The van der Waals surface area contributed by atoms with Crippen molar-refractivity contribution in [3.05, 3.63) is 64.7 Å². The van der Waals surface area contributed by atoms with Gasteiger partial charge in [-0.1, -0.05) is 73.9 Å². The highest BCUT2D eigenvalue weighted by molar-refractivity contribution is 7.18. The van der Waals surface area contributed by atoms with Gasteiger partial charge in [-0.3, -0.25) is 0 Å². The first-order chi connectivity index (χ1) is 14.4. The van der Waals surface area contributed by atoms with Crippen LogP contribution in [0.3, 0.4) is 0 Å². The smallest absolute Gasteiger partial charge is 0.262 e. The summed E-state index contributed by atoms with van der Waals surface area (Å²) in [6, 6.07) is 17.8. The van der Waals surface area contributed by atoms with Crippen LogP contribution in [0.2, 0.25) is 0 Å². The van der Waals surface area contributed by atoms with Crippen LogP contribution in [0.5, 0.6) is 0 Å². The molecule has 0 radical (unpaired) electrons. The van der Waals surface area contributed by atoms with Crippen molar-refractivity contribution in [1.29, 1.82) is 0 Å². The van der Waals surface area contributed by atoms with Crippen LogP contribution < -0.4 is 9.88 Å². The highest BCUT2D eigenvalue weighted by atomic mass is 32.1. The fourth-order valence-corrected chi connectivity index (χ4v) is 5.49. The number of benzene rings is 2. The molecule has 2 heterocycles. The number of hydrogen-bond donors (Lipinski definition) is 1. The van der Waals surface area contributed by atoms with Gasteiger partial charge in [0.1, 0.15) is 4.70 Å². The van der Waals surface area contributed by atoms with Crippen molar-refractivity contribution in [2.24, 2.45) is 0 Å². The number of fused-ring (bicyclic) bond motifs is 1. The minimum atomic E-state index is 0.643. The molecule has 0 saturated carbocycles. The van der Waals surface area contributed by atoms with Gasteiger partial charge in [0, 0.05) is 25.1 Å². The topological polar surface area (TPSA) is 15.9 Å². The largest absolute Gasteiger partial charge is 0.316 e. The van der Waals surface area contributed by atoms with Gasteiger partial charge in [0.15, 0.2) is 6.54 Å². The Kier molecular flexibility index (Phi) is 7.13. The second kappa shape index (κ2) is 10.2. The first-order valence-corrected chi connectivity index (χ1v) is 12.1. The molecule has 1 N–H and O–H groups in total. The Morgan fingerprint density at radius 2 is 1.83 bits per heavy atom. The van der Waals surface area contributed by atoms with Crippen LogP contribution in [0.1, 0.15) is 67.5 Å². The second-order valence-corrected chi connectivity index (χ2v) is 9.19. The highest BCUT2D eigenvalue weighted by Crippen LogP contribution is 2.28. The van der Waals surface area contributed by atoms with E-state index in [4.69, 9.17) is 0 Å². The predicted octanol–water partition coefficient (Wildman–Crippen LogP) is 6.41. The number of unbranched alkanes of at least 4 members (excludes halogenated alkanes) is 4. The SMILES string of the molecule is CCCCCCC[n+]1c(C=Cc2ccccc2C2CCNC2)sc2ccccc21. The lowest BCUT2D eigenvalue weighted by atomic mass is 9.93. The molecule has 1 saturated heterocycles. The maximum Gasteiger partial charge on any atom is 0.262 e. The van der Waals surface area contributed by atoms with E-state index in [0.29, 0.717) is 5.92 Å². The molecular formula is C26H33N2S+. The number of rotatable bonds is 9. The molecule has 1 aromatic heterocycles. The molecule has 29 heavy (non-hydrogen) atoms. The van der Waals surface area contributed by atoms with E-state index >= 15 is 0 Å². The predicted molar refractivity (Wildman–Crippen MR) is 126 cm³/mol. The van der Waals surface area contributed by atoms with Crippen molar-refractivity contribution in [2.75, 3.05) is 13.1 Å². The van der Waals surface area contributed by atoms with Gasteiger partial charge in [-0.2, -0.15) is 4.57 Å². The third-order valence-corrected chi connectivity index (χ3v) is 7.15. The van der Waals surface area contributed by atoms with Crippen LogP contribution >= 0.6 is 11.3 Å². The average molecular weight is 406 g/mol. The number of hydrogen-bond acceptors (Lipinski definition) is 2. The van der Waals surface area contributed by atoms with E-state index in [1.54, 1.807) is 0 Å². The zero-order valence-electron chi connectivity index (χ0n) is 17.6. The van der Waals surface area contributed by atoms with Crippen molar-refractivity contribution in [3.8, 4) is 0 Å². The lowest BCUT2D eigenvalue weighted by Crippen LogP contribution is -2.34. The minimum absolute atomic E-state index is 0.643. The molecule has 2 aromatic carbocycles. The molecule has 1 aliphatic rings. The number of aryl methyl sites for hydroxylation is 1. The Bertz CT molecular complexity index is 950. The fourth-order valence-electron chi connectivity index (χ4n) is 4.40. The van der Waals surface area contributed by atoms with Gasteiger partial charge in [0.05, 0.1) is 0 Å². The van der Waals surface area contributed by atoms with Gasteiger partial charge in [-0.05, 0) is 48.6 Å². The quantitative estimate of drug-likeness (QED) is 0.321. The molecule has 4 rings (SSSR count). The third kappa shape index (κ3) is 4.96. The molecule has 152 valence electrons. The molecule has 1 unspecified atom stereocenters. The van der Waals surface area contributed by atoms with Gasteiger partial charge in [-0.25, -0.2) is 0 Å². The zero-order valence-corrected chi connectivity index (χ0v) is 18.4. The van der Waals surface area contributed by atoms with E-state index in [1.807, 2.05) is 11.3 Å². The van der Waals surface area contributed by atoms with E-state index in [2.05, 4.69) is 77.5 Å². The number of nitrogens with zero attached hydrogens (tertiary/aromatic N) is 1. The Morgan fingerprint density at radius 3 is 2.69 bits per heavy atom. The molecular weight excluding hydrogens is 372 g/mol. The summed E-state index contributed by atoms with van der Waals surface area (Å²) in [6.45, 7) is 5.63. The monoisotopic (exact) mass is 405 g/mol. The summed E-state index contributed by atoms with van der Waals surface area (Å²) in [5.74, 6) is 0.643. The number of nitrogens with one attached hydrogen (secondary N) is 1. The maximum absolute atomic E-state index is 3.51. The van der Waals surface area contributed by atoms with Crippen molar-refractivity contribution >= 4 is 33.7 Å². The van der Waals surface area contributed by atoms with Gasteiger partial charge < -0.3 is 5.32 Å². The van der Waals surface area contributed by atoms with E-state index in [9.17, 15) is 0 Å². The molecule has 1 aliphatic heterocycles. The molecule has 3 aromatic rings. The van der Waals surface area contributed by atoms with Crippen molar-refractivity contribution in [1.82, 2.24) is 5.32 Å². The van der Waals surface area contributed by atoms with E-state index in [1.165, 1.54) is 64.9 Å². The lowest BCUT2D eigenvalue weighted by molar-refractivity contribution is -0.669. The van der Waals surface area contributed by atoms with Gasteiger partial charge in [-0.15, -0.1) is 0 Å². The Hall–Kier alpha value is -1.97. The molecule has 2 nitrogen and oxygen atoms in total. The summed E-state index contributed by atoms with van der Waals surface area (Å²) in [5, 5.41) is 4.87. The summed E-state index contributed by atoms with van der Waals surface area (Å²) in [6.07, 6.45) is 12.5. The van der Waals surface area contributed by atoms with Crippen LogP contribution in [0, 0.1) is 0 Å². The van der Waals surface area contributed by atoms with Gasteiger partial charge in [0.2, 0.25) is 5.52 Å². The molecule has 0 spiro atoms. The molecule has 1 fully saturated rings. The maximum atomic E-state index is 3.51. The summed E-state index contributed by atoms with van der Waals surface area (Å²) < 4.78 is 3.91. The second-order valence-electron chi connectivity index (χ2n) is 8.13. The minimum Gasteiger partial charge on any atom is -0.316 e. The van der Waals surface area contributed by atoms with Gasteiger partial charge in [0.25, 0.3) is 5.01 Å². The number of thiazole rings is 1. The van der Waals surface area contributed by atoms with Crippen molar-refractivity contribution in [2.45, 2.75) is 57.9 Å². The summed E-state index contributed by atoms with van der Waals surface area (Å²) >= 11 is 1.91. The van der Waals surface area contributed by atoms with E-state index < -0.39 is 0 Å². The Labute approximate surface area is 179 Å². The highest BCUT2D eigenvalue weighted by Gasteiger charge is 2.20. The van der Waals surface area contributed by atoms with E-state index in [0.717, 1.165) is 19.6 Å². The Morgan fingerprint density at radius 1 is 1.00 bits per heavy atom. The van der Waals surface area contributed by atoms with Crippen LogP contribution in [-0.2, 0) is 6.54 Å². The fraction of sp³-hybridized carbons (Fsp3) is 0.423. The third-order valence-electron chi connectivity index (χ3n) is 6.02. The normalized spacial score (nSPS) is 16.9. The van der Waals surface area contributed by atoms with E-state index in [-0.39, 0.29) is 0 Å². The van der Waals surface area contributed by atoms with Crippen molar-refractivity contribution < 1.29 is 4.57 Å². The van der Waals surface area contributed by atoms with Crippen LogP contribution in [0.4, 0.5) is 0 Å². The standard InChI is InChI=1S/C26H33N2S/c1-2-3-4-5-10-19-28-24-13-8-9-14-25(24)29-26(28)16-15-21-11-6-7-12-23(21)22-17-18-27-20-22/h6-9,11-16,22,27H,2-5,10,17-20H2,1H3/q+1. The van der Waals surface area contributed by atoms with Crippen LogP contribution in [-0.4, -0.2) is 13.1 Å². The van der Waals surface area contributed by atoms with Crippen LogP contribution in [0.15, 0.2) is 48.5 Å². The lowest BCUT2D eigenvalue weighted by Gasteiger charge is -2.12. The molecule has 0 aliphatic carbocycles. The molecule has 0 bridgehead atoms. The molecule has 3 heteroatoms.